The molecule has 0 bridgehead atoms. The van der Waals surface area contributed by atoms with Gasteiger partial charge in [0.15, 0.2) is 6.61 Å². The van der Waals surface area contributed by atoms with Gasteiger partial charge >= 0.3 is 0 Å². The van der Waals surface area contributed by atoms with E-state index in [1.165, 1.54) is 6.08 Å². The first kappa shape index (κ1) is 25.5. The molecule has 6 nitrogen and oxygen atoms in total. The van der Waals surface area contributed by atoms with E-state index in [4.69, 9.17) is 16.3 Å². The number of nitrogens with one attached hydrogen (secondary N) is 2. The fraction of sp³-hybridized carbons (Fsp3) is 0.0800. The highest BCUT2D eigenvalue weighted by Crippen LogP contribution is 2.34. The van der Waals surface area contributed by atoms with Crippen molar-refractivity contribution in [3.8, 4) is 11.8 Å². The van der Waals surface area contributed by atoms with Gasteiger partial charge in [0.25, 0.3) is 11.8 Å². The number of rotatable bonds is 8. The van der Waals surface area contributed by atoms with Crippen LogP contribution in [0.5, 0.6) is 5.75 Å². The Hall–Kier alpha value is -3.12. The summed E-state index contributed by atoms with van der Waals surface area (Å²) in [5.74, 6) is -0.583. The lowest BCUT2D eigenvalue weighted by atomic mass is 10.1. The average molecular weight is 604 g/mol. The van der Waals surface area contributed by atoms with Crippen molar-refractivity contribution in [3.63, 3.8) is 0 Å². The van der Waals surface area contributed by atoms with Crippen molar-refractivity contribution in [3.05, 3.63) is 97.4 Å². The Morgan fingerprint density at radius 1 is 1.06 bits per heavy atom. The van der Waals surface area contributed by atoms with E-state index < -0.39 is 5.91 Å². The maximum atomic E-state index is 12.6. The molecule has 0 heterocycles. The second-order valence-corrected chi connectivity index (χ2v) is 9.19. The van der Waals surface area contributed by atoms with Crippen LogP contribution in [-0.2, 0) is 16.1 Å². The molecule has 2 N–H and O–H groups in total. The number of hydrogen-bond donors (Lipinski definition) is 2. The minimum atomic E-state index is -0.520. The van der Waals surface area contributed by atoms with Gasteiger partial charge in [0.1, 0.15) is 17.4 Å². The molecule has 2 amide bonds. The van der Waals surface area contributed by atoms with Gasteiger partial charge < -0.3 is 15.4 Å². The van der Waals surface area contributed by atoms with Crippen LogP contribution >= 0.6 is 43.5 Å². The first-order chi connectivity index (χ1) is 16.4. The number of nitriles is 1. The molecule has 0 aliphatic heterocycles. The number of ether oxygens (including phenoxy) is 1. The SMILES string of the molecule is N#C/C(=C\c1cc(Br)cc(Br)c1OCC(=O)Nc1ccc(Cl)cc1)C(=O)NCc1ccccc1. The summed E-state index contributed by atoms with van der Waals surface area (Å²) in [5, 5.41) is 15.6. The van der Waals surface area contributed by atoms with E-state index in [9.17, 15) is 14.9 Å². The summed E-state index contributed by atoms with van der Waals surface area (Å²) in [5.41, 5.74) is 1.84. The number of benzene rings is 3. The largest absolute Gasteiger partial charge is 0.482 e. The van der Waals surface area contributed by atoms with Crippen molar-refractivity contribution >= 4 is 67.0 Å². The highest BCUT2D eigenvalue weighted by molar-refractivity contribution is 9.11. The Kier molecular flexibility index (Phi) is 9.28. The maximum Gasteiger partial charge on any atom is 0.262 e. The number of hydrogen-bond acceptors (Lipinski definition) is 4. The van der Waals surface area contributed by atoms with E-state index in [1.54, 1.807) is 36.4 Å². The van der Waals surface area contributed by atoms with Crippen LogP contribution in [0.4, 0.5) is 5.69 Å². The number of carbonyl (C=O) groups excluding carboxylic acids is 2. The smallest absolute Gasteiger partial charge is 0.262 e. The van der Waals surface area contributed by atoms with Crippen LogP contribution in [0.2, 0.25) is 5.02 Å². The number of nitrogens with zero attached hydrogens (tertiary/aromatic N) is 1. The van der Waals surface area contributed by atoms with Crippen molar-refractivity contribution in [2.24, 2.45) is 0 Å². The molecule has 0 spiro atoms. The van der Waals surface area contributed by atoms with E-state index in [2.05, 4.69) is 42.5 Å². The molecule has 0 radical (unpaired) electrons. The fourth-order valence-corrected chi connectivity index (χ4v) is 4.38. The van der Waals surface area contributed by atoms with E-state index in [-0.39, 0.29) is 24.6 Å². The van der Waals surface area contributed by atoms with Crippen LogP contribution in [-0.4, -0.2) is 18.4 Å². The zero-order valence-electron chi connectivity index (χ0n) is 17.6. The second kappa shape index (κ2) is 12.4. The Morgan fingerprint density at radius 3 is 2.44 bits per heavy atom. The minimum absolute atomic E-state index is 0.101. The molecule has 0 saturated carbocycles. The molecule has 0 unspecified atom stereocenters. The third kappa shape index (κ3) is 7.45. The van der Waals surface area contributed by atoms with E-state index in [1.807, 2.05) is 36.4 Å². The fourth-order valence-electron chi connectivity index (χ4n) is 2.89. The third-order valence-corrected chi connectivity index (χ3v) is 5.77. The van der Waals surface area contributed by atoms with Gasteiger partial charge in [0, 0.05) is 27.3 Å². The van der Waals surface area contributed by atoms with Crippen molar-refractivity contribution < 1.29 is 14.3 Å². The first-order valence-corrected chi connectivity index (χ1v) is 11.9. The standard InChI is InChI=1S/C25H18Br2ClN3O3/c26-19-11-17(10-18(13-29)25(33)30-14-16-4-2-1-3-5-16)24(22(27)12-19)34-15-23(32)31-21-8-6-20(28)7-9-21/h1-12H,14-15H2,(H,30,33)(H,31,32)/b18-10+. The van der Waals surface area contributed by atoms with Crippen molar-refractivity contribution in [1.29, 1.82) is 5.26 Å². The van der Waals surface area contributed by atoms with Crippen molar-refractivity contribution in [2.45, 2.75) is 6.54 Å². The molecule has 0 aliphatic carbocycles. The lowest BCUT2D eigenvalue weighted by Crippen LogP contribution is -2.24. The quantitative estimate of drug-likeness (QED) is 0.240. The van der Waals surface area contributed by atoms with Gasteiger partial charge in [-0.15, -0.1) is 0 Å². The zero-order valence-corrected chi connectivity index (χ0v) is 21.6. The second-order valence-electron chi connectivity index (χ2n) is 6.99. The summed E-state index contributed by atoms with van der Waals surface area (Å²) < 4.78 is 6.99. The van der Waals surface area contributed by atoms with Crippen LogP contribution < -0.4 is 15.4 Å². The molecule has 0 fully saturated rings. The van der Waals surface area contributed by atoms with Crippen LogP contribution in [0.3, 0.4) is 0 Å². The van der Waals surface area contributed by atoms with Gasteiger partial charge in [-0.1, -0.05) is 57.9 Å². The van der Waals surface area contributed by atoms with Crippen LogP contribution in [0.1, 0.15) is 11.1 Å². The molecular weight excluding hydrogens is 586 g/mol. The molecule has 3 aromatic carbocycles. The van der Waals surface area contributed by atoms with Gasteiger partial charge in [-0.05, 0) is 64.0 Å². The molecule has 0 aromatic heterocycles. The molecule has 0 saturated heterocycles. The highest BCUT2D eigenvalue weighted by Gasteiger charge is 2.15. The number of anilines is 1. The van der Waals surface area contributed by atoms with Gasteiger partial charge in [-0.2, -0.15) is 5.26 Å². The summed E-state index contributed by atoms with van der Waals surface area (Å²) >= 11 is 12.7. The first-order valence-electron chi connectivity index (χ1n) is 9.97. The van der Waals surface area contributed by atoms with Gasteiger partial charge in [0.05, 0.1) is 4.47 Å². The Morgan fingerprint density at radius 2 is 1.76 bits per heavy atom. The predicted octanol–water partition coefficient (Wildman–Crippen LogP) is 6.11. The lowest BCUT2D eigenvalue weighted by molar-refractivity contribution is -0.118. The number of carbonyl (C=O) groups is 2. The van der Waals surface area contributed by atoms with E-state index >= 15 is 0 Å². The Bertz CT molecular complexity index is 1260. The molecule has 3 rings (SSSR count). The topological polar surface area (TPSA) is 91.2 Å². The Balaban J connectivity index is 1.74. The summed E-state index contributed by atoms with van der Waals surface area (Å²) in [6.45, 7) is 0.000881. The summed E-state index contributed by atoms with van der Waals surface area (Å²) in [4.78, 5) is 24.9. The van der Waals surface area contributed by atoms with E-state index in [0.29, 0.717) is 31.0 Å². The van der Waals surface area contributed by atoms with Crippen LogP contribution in [0.15, 0.2) is 81.2 Å². The molecule has 3 aromatic rings. The monoisotopic (exact) mass is 601 g/mol. The molecule has 0 aliphatic rings. The minimum Gasteiger partial charge on any atom is -0.482 e. The predicted molar refractivity (Wildman–Crippen MR) is 139 cm³/mol. The zero-order chi connectivity index (χ0) is 24.5. The maximum absolute atomic E-state index is 12.6. The summed E-state index contributed by atoms with van der Waals surface area (Å²) in [6.07, 6.45) is 1.42. The number of halogens is 3. The van der Waals surface area contributed by atoms with Gasteiger partial charge in [-0.25, -0.2) is 0 Å². The molecule has 9 heteroatoms. The Labute approximate surface area is 218 Å². The van der Waals surface area contributed by atoms with Crippen LogP contribution in [0.25, 0.3) is 6.08 Å². The van der Waals surface area contributed by atoms with Crippen LogP contribution in [0, 0.1) is 11.3 Å². The highest BCUT2D eigenvalue weighted by atomic mass is 79.9. The normalized spacial score (nSPS) is 10.8. The average Bonchev–Trinajstić information content (AvgIpc) is 2.82. The van der Waals surface area contributed by atoms with E-state index in [0.717, 1.165) is 5.56 Å². The number of amides is 2. The lowest BCUT2D eigenvalue weighted by Gasteiger charge is -2.13. The molecular formula is C25H18Br2ClN3O3. The van der Waals surface area contributed by atoms with Crippen molar-refractivity contribution in [1.82, 2.24) is 5.32 Å². The summed E-state index contributed by atoms with van der Waals surface area (Å²) in [7, 11) is 0. The molecule has 172 valence electrons. The third-order valence-electron chi connectivity index (χ3n) is 4.47. The molecule has 34 heavy (non-hydrogen) atoms. The van der Waals surface area contributed by atoms with Gasteiger partial charge in [0.2, 0.25) is 0 Å². The molecule has 0 atom stereocenters. The summed E-state index contributed by atoms with van der Waals surface area (Å²) in [6, 6.07) is 21.4. The van der Waals surface area contributed by atoms with Gasteiger partial charge in [-0.3, -0.25) is 9.59 Å². The van der Waals surface area contributed by atoms with Crippen molar-refractivity contribution in [2.75, 3.05) is 11.9 Å².